The maximum absolute atomic E-state index is 13.0. The van der Waals surface area contributed by atoms with Crippen LogP contribution in [0.4, 0.5) is 5.82 Å². The van der Waals surface area contributed by atoms with E-state index in [1.807, 2.05) is 0 Å². The van der Waals surface area contributed by atoms with Gasteiger partial charge in [0.1, 0.15) is 5.82 Å². The Morgan fingerprint density at radius 1 is 1.10 bits per heavy atom. The maximum atomic E-state index is 13.0. The van der Waals surface area contributed by atoms with Crippen molar-refractivity contribution >= 4 is 47.5 Å². The van der Waals surface area contributed by atoms with E-state index in [0.29, 0.717) is 0 Å². The lowest BCUT2D eigenvalue weighted by Gasteiger charge is -2.30. The summed E-state index contributed by atoms with van der Waals surface area (Å²) in [5.41, 5.74) is -1.10. The predicted molar refractivity (Wildman–Crippen MR) is 109 cm³/mol. The van der Waals surface area contributed by atoms with Gasteiger partial charge in [0.25, 0.3) is 15.9 Å². The van der Waals surface area contributed by atoms with Gasteiger partial charge >= 0.3 is 5.97 Å². The first-order valence-corrected chi connectivity index (χ1v) is 11.1. The van der Waals surface area contributed by atoms with Crippen LogP contribution in [0.15, 0.2) is 59.3 Å². The molecule has 12 heteroatoms. The Morgan fingerprint density at radius 3 is 2.48 bits per heavy atom. The van der Waals surface area contributed by atoms with Crippen molar-refractivity contribution in [2.45, 2.75) is 17.7 Å². The van der Waals surface area contributed by atoms with E-state index in [2.05, 4.69) is 10.3 Å². The van der Waals surface area contributed by atoms with E-state index in [9.17, 15) is 27.4 Å². The van der Waals surface area contributed by atoms with Gasteiger partial charge in [-0.25, -0.2) is 13.4 Å². The van der Waals surface area contributed by atoms with Crippen LogP contribution in [0.25, 0.3) is 5.76 Å². The van der Waals surface area contributed by atoms with Crippen LogP contribution in [0.5, 0.6) is 0 Å². The van der Waals surface area contributed by atoms with Crippen molar-refractivity contribution in [3.63, 3.8) is 0 Å². The van der Waals surface area contributed by atoms with Crippen LogP contribution in [-0.4, -0.2) is 42.2 Å². The van der Waals surface area contributed by atoms with Crippen LogP contribution in [-0.2, 0) is 33.7 Å². The largest absolute Gasteiger partial charge is 0.423 e. The van der Waals surface area contributed by atoms with Gasteiger partial charge in [0.15, 0.2) is 11.5 Å². The van der Waals surface area contributed by atoms with Gasteiger partial charge in [-0.05, 0) is 24.3 Å². The fourth-order valence-electron chi connectivity index (χ4n) is 2.80. The number of carbonyl (C=O) groups is 3. The Balaban J connectivity index is 2.06. The van der Waals surface area contributed by atoms with Crippen molar-refractivity contribution in [2.24, 2.45) is 0 Å². The van der Waals surface area contributed by atoms with Crippen molar-refractivity contribution in [1.82, 2.24) is 9.29 Å². The number of anilines is 1. The molecule has 0 atom stereocenters. The fraction of sp³-hybridized carbons (Fsp3) is 0.158. The minimum absolute atomic E-state index is 0.0217. The number of hydrogen-bond donors (Lipinski definition) is 1. The number of pyridine rings is 1. The summed E-state index contributed by atoms with van der Waals surface area (Å²) in [5.74, 6) is -1.87. The minimum Gasteiger partial charge on any atom is -0.423 e. The molecule has 10 nitrogen and oxygen atoms in total. The lowest BCUT2D eigenvalue weighted by molar-refractivity contribution is -0.137. The molecule has 0 aliphatic carbocycles. The highest BCUT2D eigenvalue weighted by atomic mass is 32.2. The average Bonchev–Trinajstić information content (AvgIpc) is 2.76. The number of fused-ring (bicyclic) bond motifs is 1. The number of sulfonamides is 1. The van der Waals surface area contributed by atoms with Crippen LogP contribution in [0.3, 0.4) is 0 Å². The Morgan fingerprint density at radius 2 is 1.81 bits per heavy atom. The molecule has 1 aromatic heterocycles. The van der Waals surface area contributed by atoms with Crippen molar-refractivity contribution < 1.29 is 32.1 Å². The number of likely N-dealkylation sites (N-methyl/N-ethyl adjacent to an activating group) is 1. The summed E-state index contributed by atoms with van der Waals surface area (Å²) in [6.45, 7) is 0. The van der Waals surface area contributed by atoms with E-state index in [0.717, 1.165) is 11.4 Å². The summed E-state index contributed by atoms with van der Waals surface area (Å²) in [7, 11) is -3.67. The number of ether oxygens (including phenoxy) is 1. The molecule has 1 N–H and O–H groups in total. The van der Waals surface area contributed by atoms with Gasteiger partial charge in [-0.2, -0.15) is 0 Å². The molecule has 31 heavy (non-hydrogen) atoms. The number of nitrogens with one attached hydrogen (secondary N) is 1. The van der Waals surface area contributed by atoms with E-state index < -0.39 is 48.0 Å². The van der Waals surface area contributed by atoms with E-state index in [1.54, 1.807) is 12.1 Å². The highest BCUT2D eigenvalue weighted by Crippen LogP contribution is 2.37. The van der Waals surface area contributed by atoms with Crippen molar-refractivity contribution in [2.75, 3.05) is 12.4 Å². The Bertz CT molecular complexity index is 1200. The van der Waals surface area contributed by atoms with Crippen molar-refractivity contribution in [3.8, 4) is 0 Å². The van der Waals surface area contributed by atoms with Gasteiger partial charge in [-0.1, -0.05) is 18.2 Å². The van der Waals surface area contributed by atoms with Crippen LogP contribution >= 0.6 is 8.46 Å². The second-order valence-electron chi connectivity index (χ2n) is 6.27. The Kier molecular flexibility index (Phi) is 6.57. The molecule has 0 spiro atoms. The smallest absolute Gasteiger partial charge is 0.311 e. The van der Waals surface area contributed by atoms with Crippen LogP contribution < -0.4 is 5.32 Å². The first-order valence-electron chi connectivity index (χ1n) is 8.87. The van der Waals surface area contributed by atoms with Gasteiger partial charge in [-0.15, -0.1) is 0 Å². The molecule has 0 fully saturated rings. The molecule has 3 rings (SSSR count). The summed E-state index contributed by atoms with van der Waals surface area (Å²) in [4.78, 5) is 40.3. The molecule has 160 valence electrons. The molecule has 1 aliphatic heterocycles. The van der Waals surface area contributed by atoms with E-state index in [1.165, 1.54) is 36.5 Å². The molecular weight excluding hydrogens is 445 g/mol. The van der Waals surface area contributed by atoms with E-state index in [4.69, 9.17) is 4.74 Å². The zero-order valence-corrected chi connectivity index (χ0v) is 17.9. The number of hydrogen-bond acceptors (Lipinski definition) is 8. The molecule has 1 amide bonds. The topological polar surface area (TPSA) is 140 Å². The molecular formula is C19H16N3O7PS. The Hall–Kier alpha value is -3.43. The van der Waals surface area contributed by atoms with Crippen LogP contribution in [0.1, 0.15) is 18.4 Å². The predicted octanol–water partition coefficient (Wildman–Crippen LogP) is 2.16. The minimum atomic E-state index is -4.10. The standard InChI is InChI=1S/C19H16N3O7PS/c1-22-17(19(25)21-14-8-4-5-11-20-14)18(29-15(23)9-10-16(24)30-26)12-6-2-3-7-13(12)31(22,27)28/h2-8,11H,9-10H2,1H3,(H,20,21,25). The summed E-state index contributed by atoms with van der Waals surface area (Å²) in [5, 5.41) is 2.47. The Labute approximate surface area is 179 Å². The highest BCUT2D eigenvalue weighted by molar-refractivity contribution is 7.89. The number of nitrogens with zero attached hydrogens (tertiary/aromatic N) is 2. The average molecular weight is 461 g/mol. The number of rotatable bonds is 7. The molecule has 0 saturated heterocycles. The van der Waals surface area contributed by atoms with Crippen LogP contribution in [0.2, 0.25) is 0 Å². The van der Waals surface area contributed by atoms with Gasteiger partial charge in [0, 0.05) is 25.2 Å². The monoisotopic (exact) mass is 461 g/mol. The lowest BCUT2D eigenvalue weighted by Crippen LogP contribution is -2.38. The summed E-state index contributed by atoms with van der Waals surface area (Å²) >= 11 is 0. The number of benzene rings is 1. The first kappa shape index (κ1) is 22.3. The molecule has 1 aromatic carbocycles. The molecule has 0 bridgehead atoms. The molecule has 2 heterocycles. The summed E-state index contributed by atoms with van der Waals surface area (Å²) < 4.78 is 42.5. The normalized spacial score (nSPS) is 14.7. The van der Waals surface area contributed by atoms with E-state index >= 15 is 0 Å². The molecule has 2 aromatic rings. The van der Waals surface area contributed by atoms with Gasteiger partial charge in [0.2, 0.25) is 14.0 Å². The van der Waals surface area contributed by atoms with Gasteiger partial charge in [0.05, 0.1) is 11.3 Å². The lowest BCUT2D eigenvalue weighted by atomic mass is 10.1. The van der Waals surface area contributed by atoms with E-state index in [-0.39, 0.29) is 28.5 Å². The number of amides is 1. The summed E-state index contributed by atoms with van der Waals surface area (Å²) in [6.07, 6.45) is 0.710. The third-order valence-corrected chi connectivity index (χ3v) is 6.53. The zero-order valence-electron chi connectivity index (χ0n) is 16.1. The molecule has 0 radical (unpaired) electrons. The maximum Gasteiger partial charge on any atom is 0.311 e. The number of aromatic nitrogens is 1. The summed E-state index contributed by atoms with van der Waals surface area (Å²) in [6, 6.07) is 10.5. The SMILES string of the molecule is CN1C(C(=O)Nc2ccccn2)=C(OC(=O)CCC(=O)P=O)c2ccccc2S1(=O)=O. The third kappa shape index (κ3) is 4.68. The molecule has 1 aliphatic rings. The second-order valence-corrected chi connectivity index (χ2v) is 8.89. The first-order chi connectivity index (χ1) is 14.8. The van der Waals surface area contributed by atoms with Gasteiger partial charge in [-0.3, -0.25) is 23.3 Å². The quantitative estimate of drug-likeness (QED) is 0.489. The fourth-order valence-corrected chi connectivity index (χ4v) is 4.39. The molecule has 0 saturated carbocycles. The zero-order chi connectivity index (χ0) is 22.6. The number of carbonyl (C=O) groups excluding carboxylic acids is 3. The highest BCUT2D eigenvalue weighted by Gasteiger charge is 2.39. The third-order valence-electron chi connectivity index (χ3n) is 4.28. The second kappa shape index (κ2) is 9.15. The van der Waals surface area contributed by atoms with Crippen molar-refractivity contribution in [3.05, 3.63) is 59.9 Å². The van der Waals surface area contributed by atoms with Gasteiger partial charge < -0.3 is 10.1 Å². The molecule has 0 unspecified atom stereocenters. The van der Waals surface area contributed by atoms with Crippen molar-refractivity contribution in [1.29, 1.82) is 0 Å². The number of esters is 1. The van der Waals surface area contributed by atoms with Crippen LogP contribution in [0, 0.1) is 0 Å².